The van der Waals surface area contributed by atoms with Gasteiger partial charge in [0, 0.05) is 17.7 Å². The summed E-state index contributed by atoms with van der Waals surface area (Å²) in [4.78, 5) is 10.6. The molecule has 3 N–H and O–H groups in total. The minimum Gasteiger partial charge on any atom is -0.481 e. The van der Waals surface area contributed by atoms with Gasteiger partial charge in [-0.25, -0.2) is 0 Å². The molecule has 0 saturated heterocycles. The second-order valence-corrected chi connectivity index (χ2v) is 4.18. The van der Waals surface area contributed by atoms with Crippen molar-refractivity contribution in [3.8, 4) is 11.1 Å². The highest BCUT2D eigenvalue weighted by molar-refractivity contribution is 5.76. The van der Waals surface area contributed by atoms with Gasteiger partial charge >= 0.3 is 5.97 Å². The molecular weight excluding hydrogens is 226 g/mol. The smallest absolute Gasteiger partial charge is 0.303 e. The van der Waals surface area contributed by atoms with Crippen LogP contribution in [0.1, 0.15) is 12.0 Å². The first-order chi connectivity index (χ1) is 8.66. The third-order valence-electron chi connectivity index (χ3n) is 2.83. The van der Waals surface area contributed by atoms with Crippen LogP contribution in [0.5, 0.6) is 0 Å². The van der Waals surface area contributed by atoms with Crippen LogP contribution in [0, 0.1) is 0 Å². The van der Waals surface area contributed by atoms with Crippen molar-refractivity contribution in [3.05, 3.63) is 54.1 Å². The van der Waals surface area contributed by atoms with Crippen molar-refractivity contribution in [1.82, 2.24) is 0 Å². The van der Waals surface area contributed by atoms with Crippen molar-refractivity contribution in [2.75, 3.05) is 5.73 Å². The Kier molecular flexibility index (Phi) is 3.63. The van der Waals surface area contributed by atoms with Gasteiger partial charge in [-0.2, -0.15) is 0 Å². The van der Waals surface area contributed by atoms with E-state index in [1.807, 2.05) is 48.5 Å². The summed E-state index contributed by atoms with van der Waals surface area (Å²) >= 11 is 0. The van der Waals surface area contributed by atoms with E-state index in [2.05, 4.69) is 0 Å². The number of para-hydroxylation sites is 1. The second-order valence-electron chi connectivity index (χ2n) is 4.18. The topological polar surface area (TPSA) is 63.3 Å². The zero-order chi connectivity index (χ0) is 13.0. The van der Waals surface area contributed by atoms with Crippen molar-refractivity contribution < 1.29 is 9.90 Å². The molecule has 0 aliphatic carbocycles. The molecule has 2 aromatic carbocycles. The fourth-order valence-electron chi connectivity index (χ4n) is 1.91. The third-order valence-corrected chi connectivity index (χ3v) is 2.83. The summed E-state index contributed by atoms with van der Waals surface area (Å²) in [6.45, 7) is 0. The van der Waals surface area contributed by atoms with Gasteiger partial charge in [-0.1, -0.05) is 42.5 Å². The van der Waals surface area contributed by atoms with E-state index in [1.54, 1.807) is 0 Å². The standard InChI is InChI=1S/C15H15NO2/c16-14-7-2-1-6-13(14)12-5-3-4-11(10-12)8-9-15(17)18/h1-7,10H,8-9,16H2,(H,17,18). The van der Waals surface area contributed by atoms with Crippen LogP contribution in [0.3, 0.4) is 0 Å². The predicted molar refractivity (Wildman–Crippen MR) is 72.2 cm³/mol. The van der Waals surface area contributed by atoms with Crippen LogP contribution < -0.4 is 5.73 Å². The van der Waals surface area contributed by atoms with Crippen LogP contribution in [-0.4, -0.2) is 11.1 Å². The van der Waals surface area contributed by atoms with E-state index in [1.165, 1.54) is 0 Å². The highest BCUT2D eigenvalue weighted by atomic mass is 16.4. The number of aryl methyl sites for hydroxylation is 1. The van der Waals surface area contributed by atoms with Crippen molar-refractivity contribution in [2.24, 2.45) is 0 Å². The predicted octanol–water partition coefficient (Wildman–Crippen LogP) is 2.95. The monoisotopic (exact) mass is 241 g/mol. The molecule has 0 amide bonds. The molecule has 0 aromatic heterocycles. The van der Waals surface area contributed by atoms with Crippen LogP contribution in [0.25, 0.3) is 11.1 Å². The van der Waals surface area contributed by atoms with Gasteiger partial charge in [-0.05, 0) is 23.6 Å². The Morgan fingerprint density at radius 1 is 1.11 bits per heavy atom. The van der Waals surface area contributed by atoms with Crippen LogP contribution in [-0.2, 0) is 11.2 Å². The maximum atomic E-state index is 10.6. The Morgan fingerprint density at radius 3 is 2.61 bits per heavy atom. The Hall–Kier alpha value is -2.29. The lowest BCUT2D eigenvalue weighted by atomic mass is 10.00. The Balaban J connectivity index is 2.27. The van der Waals surface area contributed by atoms with Crippen molar-refractivity contribution in [2.45, 2.75) is 12.8 Å². The number of aliphatic carboxylic acids is 1. The molecule has 18 heavy (non-hydrogen) atoms. The molecule has 92 valence electrons. The molecule has 0 saturated carbocycles. The largest absolute Gasteiger partial charge is 0.481 e. The average molecular weight is 241 g/mol. The zero-order valence-corrected chi connectivity index (χ0v) is 9.97. The maximum Gasteiger partial charge on any atom is 0.303 e. The van der Waals surface area contributed by atoms with Crippen molar-refractivity contribution >= 4 is 11.7 Å². The maximum absolute atomic E-state index is 10.6. The van der Waals surface area contributed by atoms with Crippen LogP contribution in [0.15, 0.2) is 48.5 Å². The molecule has 0 aliphatic heterocycles. The minimum atomic E-state index is -0.778. The lowest BCUT2D eigenvalue weighted by Crippen LogP contribution is -1.97. The molecule has 3 nitrogen and oxygen atoms in total. The fraction of sp³-hybridized carbons (Fsp3) is 0.133. The van der Waals surface area contributed by atoms with E-state index in [0.29, 0.717) is 6.42 Å². The molecule has 0 heterocycles. The molecule has 2 rings (SSSR count). The number of nitrogens with two attached hydrogens (primary N) is 1. The van der Waals surface area contributed by atoms with E-state index < -0.39 is 5.97 Å². The molecule has 0 fully saturated rings. The second kappa shape index (κ2) is 5.36. The van der Waals surface area contributed by atoms with E-state index in [-0.39, 0.29) is 6.42 Å². The fourth-order valence-corrected chi connectivity index (χ4v) is 1.91. The van der Waals surface area contributed by atoms with Gasteiger partial charge < -0.3 is 10.8 Å². The van der Waals surface area contributed by atoms with E-state index in [9.17, 15) is 4.79 Å². The number of hydrogen-bond donors (Lipinski definition) is 2. The van der Waals surface area contributed by atoms with Gasteiger partial charge in [0.2, 0.25) is 0 Å². The highest BCUT2D eigenvalue weighted by Gasteiger charge is 2.04. The first-order valence-electron chi connectivity index (χ1n) is 5.82. The van der Waals surface area contributed by atoms with Gasteiger partial charge in [0.15, 0.2) is 0 Å². The molecule has 0 unspecified atom stereocenters. The first-order valence-corrected chi connectivity index (χ1v) is 5.82. The normalized spacial score (nSPS) is 10.2. The Morgan fingerprint density at radius 2 is 1.89 bits per heavy atom. The molecule has 0 aliphatic rings. The number of carboxylic acids is 1. The number of nitrogen functional groups attached to an aromatic ring is 1. The Labute approximate surface area is 106 Å². The quantitative estimate of drug-likeness (QED) is 0.809. The van der Waals surface area contributed by atoms with Gasteiger partial charge in [-0.3, -0.25) is 4.79 Å². The van der Waals surface area contributed by atoms with Gasteiger partial charge in [0.1, 0.15) is 0 Å². The SMILES string of the molecule is Nc1ccccc1-c1cccc(CCC(=O)O)c1. The summed E-state index contributed by atoms with van der Waals surface area (Å²) < 4.78 is 0. The van der Waals surface area contributed by atoms with Crippen LogP contribution in [0.4, 0.5) is 5.69 Å². The molecule has 3 heteroatoms. The summed E-state index contributed by atoms with van der Waals surface area (Å²) in [5.74, 6) is -0.778. The summed E-state index contributed by atoms with van der Waals surface area (Å²) in [5.41, 5.74) is 9.68. The summed E-state index contributed by atoms with van der Waals surface area (Å²) in [7, 11) is 0. The van der Waals surface area contributed by atoms with Gasteiger partial charge in [-0.15, -0.1) is 0 Å². The molecule has 2 aromatic rings. The third kappa shape index (κ3) is 2.88. The molecular formula is C15H15NO2. The van der Waals surface area contributed by atoms with Crippen LogP contribution >= 0.6 is 0 Å². The Bertz CT molecular complexity index is 564. The lowest BCUT2D eigenvalue weighted by molar-refractivity contribution is -0.136. The lowest BCUT2D eigenvalue weighted by Gasteiger charge is -2.07. The molecule has 0 radical (unpaired) electrons. The highest BCUT2D eigenvalue weighted by Crippen LogP contribution is 2.26. The van der Waals surface area contributed by atoms with E-state index in [0.717, 1.165) is 22.4 Å². The number of rotatable bonds is 4. The van der Waals surface area contributed by atoms with Crippen LogP contribution in [0.2, 0.25) is 0 Å². The number of benzene rings is 2. The van der Waals surface area contributed by atoms with E-state index >= 15 is 0 Å². The number of carboxylic acid groups (broad SMARTS) is 1. The zero-order valence-electron chi connectivity index (χ0n) is 9.97. The van der Waals surface area contributed by atoms with Gasteiger partial charge in [0.05, 0.1) is 0 Å². The number of hydrogen-bond acceptors (Lipinski definition) is 2. The van der Waals surface area contributed by atoms with Crippen molar-refractivity contribution in [1.29, 1.82) is 0 Å². The molecule has 0 bridgehead atoms. The minimum absolute atomic E-state index is 0.147. The summed E-state index contributed by atoms with van der Waals surface area (Å²) in [5, 5.41) is 8.69. The molecule has 0 atom stereocenters. The molecule has 0 spiro atoms. The number of anilines is 1. The van der Waals surface area contributed by atoms with Gasteiger partial charge in [0.25, 0.3) is 0 Å². The first kappa shape index (κ1) is 12.2. The average Bonchev–Trinajstić information content (AvgIpc) is 2.37. The number of carbonyl (C=O) groups is 1. The van der Waals surface area contributed by atoms with Crippen molar-refractivity contribution in [3.63, 3.8) is 0 Å². The van der Waals surface area contributed by atoms with E-state index in [4.69, 9.17) is 10.8 Å². The summed E-state index contributed by atoms with van der Waals surface area (Å²) in [6.07, 6.45) is 0.684. The summed E-state index contributed by atoms with van der Waals surface area (Å²) in [6, 6.07) is 15.5.